The van der Waals surface area contributed by atoms with Crippen molar-refractivity contribution in [2.75, 3.05) is 0 Å². The summed E-state index contributed by atoms with van der Waals surface area (Å²) in [6.45, 7) is 1.66. The third kappa shape index (κ3) is 1.34. The van der Waals surface area contributed by atoms with Crippen LogP contribution in [0, 0.1) is 6.92 Å². The van der Waals surface area contributed by atoms with Gasteiger partial charge in [-0.25, -0.2) is 14.8 Å². The molecule has 6 nitrogen and oxygen atoms in total. The van der Waals surface area contributed by atoms with Crippen LogP contribution in [0.1, 0.15) is 5.69 Å². The SMILES string of the molecule is Cc1nc2c(nc1Cl)c(=O)n(C)c(=O)n2C. The van der Waals surface area contributed by atoms with Crippen molar-refractivity contribution in [3.63, 3.8) is 0 Å². The number of rotatable bonds is 0. The van der Waals surface area contributed by atoms with Crippen LogP contribution in [0.3, 0.4) is 0 Å². The van der Waals surface area contributed by atoms with Crippen molar-refractivity contribution in [1.82, 2.24) is 19.1 Å². The predicted octanol–water partition coefficient (Wildman–Crippen LogP) is -0.0110. The molecule has 2 heterocycles. The number of aromatic nitrogens is 4. The predicted molar refractivity (Wildman–Crippen MR) is 59.8 cm³/mol. The van der Waals surface area contributed by atoms with Crippen LogP contribution in [0.5, 0.6) is 0 Å². The van der Waals surface area contributed by atoms with E-state index in [4.69, 9.17) is 11.6 Å². The zero-order valence-corrected chi connectivity index (χ0v) is 9.74. The maximum atomic E-state index is 11.8. The van der Waals surface area contributed by atoms with Crippen molar-refractivity contribution >= 4 is 22.8 Å². The molecule has 0 radical (unpaired) electrons. The Bertz CT molecular complexity index is 701. The Morgan fingerprint density at radius 3 is 2.38 bits per heavy atom. The lowest BCUT2D eigenvalue weighted by Crippen LogP contribution is -2.37. The van der Waals surface area contributed by atoms with Crippen LogP contribution < -0.4 is 11.2 Å². The maximum absolute atomic E-state index is 11.8. The Kier molecular flexibility index (Phi) is 2.31. The van der Waals surface area contributed by atoms with Crippen LogP contribution >= 0.6 is 11.6 Å². The first kappa shape index (κ1) is 10.8. The van der Waals surface area contributed by atoms with Gasteiger partial charge in [0, 0.05) is 14.1 Å². The molecule has 0 bridgehead atoms. The molecule has 0 aromatic carbocycles. The minimum Gasteiger partial charge on any atom is -0.279 e. The maximum Gasteiger partial charge on any atom is 0.332 e. The van der Waals surface area contributed by atoms with Crippen molar-refractivity contribution in [2.24, 2.45) is 14.1 Å². The normalized spacial score (nSPS) is 11.0. The summed E-state index contributed by atoms with van der Waals surface area (Å²) in [7, 11) is 2.92. The Hall–Kier alpha value is -1.69. The average molecular weight is 241 g/mol. The highest BCUT2D eigenvalue weighted by molar-refractivity contribution is 6.30. The molecule has 0 amide bonds. The van der Waals surface area contributed by atoms with E-state index in [9.17, 15) is 9.59 Å². The van der Waals surface area contributed by atoms with Gasteiger partial charge < -0.3 is 0 Å². The fourth-order valence-electron chi connectivity index (χ4n) is 1.43. The molecular formula is C9H9ClN4O2. The van der Waals surface area contributed by atoms with Crippen molar-refractivity contribution in [3.8, 4) is 0 Å². The van der Waals surface area contributed by atoms with E-state index in [0.717, 1.165) is 4.57 Å². The average Bonchev–Trinajstić information content (AvgIpc) is 2.26. The van der Waals surface area contributed by atoms with E-state index in [-0.39, 0.29) is 16.3 Å². The van der Waals surface area contributed by atoms with Gasteiger partial charge in [-0.05, 0) is 6.92 Å². The highest BCUT2D eigenvalue weighted by atomic mass is 35.5. The second kappa shape index (κ2) is 3.41. The largest absolute Gasteiger partial charge is 0.332 e. The fraction of sp³-hybridized carbons (Fsp3) is 0.333. The Morgan fingerprint density at radius 2 is 1.75 bits per heavy atom. The molecule has 0 saturated heterocycles. The molecule has 0 unspecified atom stereocenters. The van der Waals surface area contributed by atoms with E-state index in [1.165, 1.54) is 18.7 Å². The van der Waals surface area contributed by atoms with Gasteiger partial charge in [0.2, 0.25) is 0 Å². The van der Waals surface area contributed by atoms with Gasteiger partial charge in [-0.3, -0.25) is 13.9 Å². The second-order valence-electron chi connectivity index (χ2n) is 3.48. The number of fused-ring (bicyclic) bond motifs is 1. The lowest BCUT2D eigenvalue weighted by atomic mass is 10.4. The summed E-state index contributed by atoms with van der Waals surface area (Å²) in [4.78, 5) is 31.4. The summed E-state index contributed by atoms with van der Waals surface area (Å²) in [6.07, 6.45) is 0. The highest BCUT2D eigenvalue weighted by Crippen LogP contribution is 2.11. The molecule has 0 atom stereocenters. The molecule has 0 spiro atoms. The molecule has 0 N–H and O–H groups in total. The molecule has 2 aromatic heterocycles. The van der Waals surface area contributed by atoms with Crippen LogP contribution in [0.2, 0.25) is 5.15 Å². The minimum absolute atomic E-state index is 0.0974. The van der Waals surface area contributed by atoms with E-state index in [1.807, 2.05) is 0 Å². The monoisotopic (exact) mass is 240 g/mol. The Labute approximate surface area is 95.1 Å². The Balaban J connectivity index is 3.16. The highest BCUT2D eigenvalue weighted by Gasteiger charge is 2.12. The van der Waals surface area contributed by atoms with Crippen LogP contribution in [-0.4, -0.2) is 19.1 Å². The van der Waals surface area contributed by atoms with Gasteiger partial charge >= 0.3 is 5.69 Å². The first-order valence-electron chi connectivity index (χ1n) is 4.53. The van der Waals surface area contributed by atoms with Crippen molar-refractivity contribution in [1.29, 1.82) is 0 Å². The molecule has 16 heavy (non-hydrogen) atoms. The number of nitrogens with zero attached hydrogens (tertiary/aromatic N) is 4. The molecular weight excluding hydrogens is 232 g/mol. The molecule has 0 saturated carbocycles. The number of hydrogen-bond acceptors (Lipinski definition) is 4. The van der Waals surface area contributed by atoms with Gasteiger partial charge in [-0.2, -0.15) is 0 Å². The van der Waals surface area contributed by atoms with E-state index in [1.54, 1.807) is 6.92 Å². The van der Waals surface area contributed by atoms with Crippen molar-refractivity contribution in [3.05, 3.63) is 31.7 Å². The van der Waals surface area contributed by atoms with Crippen molar-refractivity contribution in [2.45, 2.75) is 6.92 Å². The summed E-state index contributed by atoms with van der Waals surface area (Å²) in [5, 5.41) is 0.170. The van der Waals surface area contributed by atoms with E-state index in [2.05, 4.69) is 9.97 Å². The molecule has 0 aliphatic rings. The second-order valence-corrected chi connectivity index (χ2v) is 3.84. The quantitative estimate of drug-likeness (QED) is 0.649. The smallest absolute Gasteiger partial charge is 0.279 e. The third-order valence-corrected chi connectivity index (χ3v) is 2.75. The minimum atomic E-state index is -0.493. The summed E-state index contributed by atoms with van der Waals surface area (Å²) < 4.78 is 2.25. The van der Waals surface area contributed by atoms with Crippen LogP contribution in [0.25, 0.3) is 11.2 Å². The van der Waals surface area contributed by atoms with Gasteiger partial charge in [0.15, 0.2) is 16.3 Å². The van der Waals surface area contributed by atoms with Gasteiger partial charge in [-0.15, -0.1) is 0 Å². The first-order chi connectivity index (χ1) is 7.43. The van der Waals surface area contributed by atoms with Crippen LogP contribution in [-0.2, 0) is 14.1 Å². The Morgan fingerprint density at radius 1 is 1.12 bits per heavy atom. The van der Waals surface area contributed by atoms with Gasteiger partial charge in [0.25, 0.3) is 5.56 Å². The summed E-state index contributed by atoms with van der Waals surface area (Å²) in [5.74, 6) is 0. The summed E-state index contributed by atoms with van der Waals surface area (Å²) >= 11 is 5.79. The summed E-state index contributed by atoms with van der Waals surface area (Å²) in [5.41, 5.74) is -0.103. The molecule has 7 heteroatoms. The van der Waals surface area contributed by atoms with Crippen molar-refractivity contribution < 1.29 is 0 Å². The molecule has 0 aliphatic carbocycles. The van der Waals surface area contributed by atoms with Gasteiger partial charge in [-0.1, -0.05) is 11.6 Å². The molecule has 2 aromatic rings. The first-order valence-corrected chi connectivity index (χ1v) is 4.91. The van der Waals surface area contributed by atoms with Crippen LogP contribution in [0.15, 0.2) is 9.59 Å². The zero-order valence-electron chi connectivity index (χ0n) is 8.98. The summed E-state index contributed by atoms with van der Waals surface area (Å²) in [6, 6.07) is 0. The van der Waals surface area contributed by atoms with Gasteiger partial charge in [0.05, 0.1) is 5.69 Å². The molecule has 84 valence electrons. The molecule has 2 rings (SSSR count). The topological polar surface area (TPSA) is 69.8 Å². The van der Waals surface area contributed by atoms with E-state index < -0.39 is 11.2 Å². The number of hydrogen-bond donors (Lipinski definition) is 0. The molecule has 0 aliphatic heterocycles. The number of halogens is 1. The number of aryl methyl sites for hydroxylation is 2. The fourth-order valence-corrected chi connectivity index (χ4v) is 1.55. The van der Waals surface area contributed by atoms with E-state index in [0.29, 0.717) is 5.69 Å². The molecule has 0 fully saturated rings. The lowest BCUT2D eigenvalue weighted by molar-refractivity contribution is 0.703. The van der Waals surface area contributed by atoms with Gasteiger partial charge in [0.1, 0.15) is 0 Å². The zero-order chi connectivity index (χ0) is 12.0. The third-order valence-electron chi connectivity index (χ3n) is 2.39. The van der Waals surface area contributed by atoms with E-state index >= 15 is 0 Å². The lowest BCUT2D eigenvalue weighted by Gasteiger charge is -2.06. The standard InChI is InChI=1S/C9H9ClN4O2/c1-4-6(10)12-5-7(11-4)13(2)9(16)14(3)8(5)15/h1-3H3. The van der Waals surface area contributed by atoms with Crippen LogP contribution in [0.4, 0.5) is 0 Å².